The van der Waals surface area contributed by atoms with Gasteiger partial charge in [-0.15, -0.1) is 0 Å². The quantitative estimate of drug-likeness (QED) is 0.258. The van der Waals surface area contributed by atoms with E-state index >= 15 is 0 Å². The molecule has 4 rings (SSSR count). The van der Waals surface area contributed by atoms with Crippen molar-refractivity contribution in [2.45, 2.75) is 36.6 Å². The maximum Gasteiger partial charge on any atom is 0.433 e. The molecule has 210 valence electrons. The van der Waals surface area contributed by atoms with Gasteiger partial charge in [-0.1, -0.05) is 30.0 Å². The second kappa shape index (κ2) is 10.2. The van der Waals surface area contributed by atoms with Crippen molar-refractivity contribution in [2.75, 3.05) is 6.61 Å². The van der Waals surface area contributed by atoms with Crippen molar-refractivity contribution in [3.63, 3.8) is 0 Å². The van der Waals surface area contributed by atoms with E-state index in [1.165, 1.54) is 38.1 Å². The molecular formula is C26H20F6N4O3S. The molecule has 0 saturated carbocycles. The van der Waals surface area contributed by atoms with Crippen LogP contribution >= 0.6 is 0 Å². The van der Waals surface area contributed by atoms with Crippen LogP contribution in [0.4, 0.5) is 26.3 Å². The molecule has 0 spiro atoms. The summed E-state index contributed by atoms with van der Waals surface area (Å²) in [6, 6.07) is 9.64. The third-order valence-corrected chi connectivity index (χ3v) is 7.26. The number of nitrogens with zero attached hydrogens (tertiary/aromatic N) is 3. The molecule has 0 bridgehead atoms. The number of halogens is 6. The second-order valence-corrected chi connectivity index (χ2v) is 11.0. The van der Waals surface area contributed by atoms with Crippen LogP contribution in [0, 0.1) is 11.8 Å². The minimum Gasteiger partial charge on any atom is -0.394 e. The van der Waals surface area contributed by atoms with Gasteiger partial charge in [-0.2, -0.15) is 31.4 Å². The Morgan fingerprint density at radius 1 is 0.950 bits per heavy atom. The summed E-state index contributed by atoms with van der Waals surface area (Å²) in [5.74, 6) is 5.32. The zero-order valence-electron chi connectivity index (χ0n) is 20.8. The number of sulfonamides is 1. The van der Waals surface area contributed by atoms with Gasteiger partial charge in [-0.05, 0) is 50.2 Å². The van der Waals surface area contributed by atoms with Crippen LogP contribution in [-0.2, 0) is 22.4 Å². The average molecular weight is 583 g/mol. The fourth-order valence-electron chi connectivity index (χ4n) is 3.57. The molecule has 0 amide bonds. The first-order valence-corrected chi connectivity index (χ1v) is 12.9. The van der Waals surface area contributed by atoms with E-state index < -0.39 is 45.8 Å². The molecule has 2 N–H and O–H groups in total. The van der Waals surface area contributed by atoms with Gasteiger partial charge in [0.25, 0.3) is 0 Å². The van der Waals surface area contributed by atoms with Crippen molar-refractivity contribution >= 4 is 15.7 Å². The van der Waals surface area contributed by atoms with E-state index in [0.29, 0.717) is 10.6 Å². The van der Waals surface area contributed by atoms with Crippen molar-refractivity contribution in [3.05, 3.63) is 83.2 Å². The summed E-state index contributed by atoms with van der Waals surface area (Å²) >= 11 is 0. The summed E-state index contributed by atoms with van der Waals surface area (Å²) in [5.41, 5.74) is -3.68. The highest BCUT2D eigenvalue weighted by Gasteiger charge is 2.36. The lowest BCUT2D eigenvalue weighted by Crippen LogP contribution is -2.46. The van der Waals surface area contributed by atoms with Crippen LogP contribution in [0.3, 0.4) is 0 Å². The summed E-state index contributed by atoms with van der Waals surface area (Å²) < 4.78 is 109. The molecule has 0 atom stereocenters. The Labute approximate surface area is 224 Å². The molecule has 2 aromatic carbocycles. The van der Waals surface area contributed by atoms with Crippen molar-refractivity contribution in [1.29, 1.82) is 0 Å². The Balaban J connectivity index is 1.77. The van der Waals surface area contributed by atoms with E-state index in [2.05, 4.69) is 26.6 Å². The Morgan fingerprint density at radius 3 is 2.23 bits per heavy atom. The number of hydrogen-bond donors (Lipinski definition) is 2. The Kier molecular flexibility index (Phi) is 7.44. The largest absolute Gasteiger partial charge is 0.433 e. The molecule has 14 heteroatoms. The highest BCUT2D eigenvalue weighted by atomic mass is 32.2. The number of aliphatic hydroxyl groups excluding tert-OH is 1. The number of aliphatic hydroxyl groups is 1. The molecule has 4 aromatic rings. The maximum absolute atomic E-state index is 13.8. The molecule has 0 aliphatic carbocycles. The number of nitrogens with one attached hydrogen (secondary N) is 1. The van der Waals surface area contributed by atoms with Crippen LogP contribution in [-0.4, -0.2) is 40.3 Å². The topological polar surface area (TPSA) is 96.6 Å². The van der Waals surface area contributed by atoms with Crippen LogP contribution < -0.4 is 4.72 Å². The minimum absolute atomic E-state index is 0.0114. The number of rotatable bonds is 5. The molecule has 0 fully saturated rings. The van der Waals surface area contributed by atoms with Gasteiger partial charge in [0.1, 0.15) is 0 Å². The minimum atomic E-state index is -4.88. The standard InChI is InChI=1S/C26H20F6N4O3S/c1-24(2,15-37)35-40(38,39)20-5-3-4-16(12-20)6-7-18-14-33-36-22(26(30,31)32)13-21(34-23(18)36)17-8-10-19(11-9-17)25(27,28)29/h3-5,8-14,35,37H,15H2,1-2H3. The van der Waals surface area contributed by atoms with Crippen LogP contribution in [0.15, 0.2) is 65.7 Å². The zero-order valence-corrected chi connectivity index (χ0v) is 21.6. The number of hydrogen-bond acceptors (Lipinski definition) is 5. The van der Waals surface area contributed by atoms with Gasteiger partial charge in [0, 0.05) is 11.1 Å². The van der Waals surface area contributed by atoms with E-state index in [9.17, 15) is 39.9 Å². The van der Waals surface area contributed by atoms with Crippen molar-refractivity contribution in [3.8, 4) is 23.1 Å². The number of aromatic nitrogens is 3. The zero-order chi connectivity index (χ0) is 29.5. The van der Waals surface area contributed by atoms with Gasteiger partial charge in [-0.3, -0.25) is 0 Å². The van der Waals surface area contributed by atoms with E-state index in [1.54, 1.807) is 0 Å². The summed E-state index contributed by atoms with van der Waals surface area (Å²) in [4.78, 5) is 4.03. The lowest BCUT2D eigenvalue weighted by molar-refractivity contribution is -0.142. The van der Waals surface area contributed by atoms with Crippen molar-refractivity contribution < 1.29 is 39.9 Å². The van der Waals surface area contributed by atoms with Crippen LogP contribution in [0.2, 0.25) is 0 Å². The van der Waals surface area contributed by atoms with E-state index in [4.69, 9.17) is 0 Å². The Bertz CT molecular complexity index is 1730. The molecule has 7 nitrogen and oxygen atoms in total. The summed E-state index contributed by atoms with van der Waals surface area (Å²) in [7, 11) is -4.03. The van der Waals surface area contributed by atoms with E-state index in [1.807, 2.05) is 0 Å². The first-order chi connectivity index (χ1) is 18.5. The van der Waals surface area contributed by atoms with Gasteiger partial charge < -0.3 is 5.11 Å². The number of fused-ring (bicyclic) bond motifs is 1. The molecule has 2 aromatic heterocycles. The van der Waals surface area contributed by atoms with Crippen molar-refractivity contribution in [1.82, 2.24) is 19.3 Å². The Morgan fingerprint density at radius 2 is 1.62 bits per heavy atom. The van der Waals surface area contributed by atoms with Gasteiger partial charge in [0.2, 0.25) is 10.0 Å². The fourth-order valence-corrected chi connectivity index (χ4v) is 5.02. The summed E-state index contributed by atoms with van der Waals surface area (Å²) in [5, 5.41) is 13.1. The summed E-state index contributed by atoms with van der Waals surface area (Å²) in [6.07, 6.45) is -8.45. The molecule has 0 radical (unpaired) electrons. The molecule has 0 unspecified atom stereocenters. The number of alkyl halides is 6. The van der Waals surface area contributed by atoms with Gasteiger partial charge >= 0.3 is 12.4 Å². The monoisotopic (exact) mass is 582 g/mol. The lowest BCUT2D eigenvalue weighted by Gasteiger charge is -2.23. The van der Waals surface area contributed by atoms with Crippen LogP contribution in [0.1, 0.15) is 36.2 Å². The lowest BCUT2D eigenvalue weighted by atomic mass is 10.1. The van der Waals surface area contributed by atoms with Crippen molar-refractivity contribution in [2.24, 2.45) is 0 Å². The fraction of sp³-hybridized carbons (Fsp3) is 0.231. The third-order valence-electron chi connectivity index (χ3n) is 5.56. The molecule has 2 heterocycles. The predicted octanol–water partition coefficient (Wildman–Crippen LogP) is 4.88. The highest BCUT2D eigenvalue weighted by Crippen LogP contribution is 2.34. The first-order valence-electron chi connectivity index (χ1n) is 11.4. The SMILES string of the molecule is CC(C)(CO)NS(=O)(=O)c1cccc(C#Cc2cnn3c(C(F)(F)F)cc(-c4ccc(C(F)(F)F)cc4)nc23)c1. The van der Waals surface area contributed by atoms with Crippen LogP contribution in [0.5, 0.6) is 0 Å². The van der Waals surface area contributed by atoms with Gasteiger partial charge in [0.15, 0.2) is 11.3 Å². The number of benzene rings is 2. The van der Waals surface area contributed by atoms with Gasteiger partial charge in [-0.25, -0.2) is 22.6 Å². The normalized spacial score (nSPS) is 12.8. The molecule has 40 heavy (non-hydrogen) atoms. The summed E-state index contributed by atoms with van der Waals surface area (Å²) in [6.45, 7) is 2.52. The first kappa shape index (κ1) is 29.1. The Hall–Kier alpha value is -3.93. The molecular weight excluding hydrogens is 562 g/mol. The van der Waals surface area contributed by atoms with Gasteiger partial charge in [0.05, 0.1) is 40.1 Å². The average Bonchev–Trinajstić information content (AvgIpc) is 3.28. The third kappa shape index (κ3) is 6.27. The van der Waals surface area contributed by atoms with Crippen LogP contribution in [0.25, 0.3) is 16.9 Å². The smallest absolute Gasteiger partial charge is 0.394 e. The highest BCUT2D eigenvalue weighted by molar-refractivity contribution is 7.89. The maximum atomic E-state index is 13.8. The second-order valence-electron chi connectivity index (χ2n) is 9.32. The molecule has 0 aliphatic rings. The predicted molar refractivity (Wildman–Crippen MR) is 132 cm³/mol. The molecule has 0 aliphatic heterocycles. The molecule has 0 saturated heterocycles. The van der Waals surface area contributed by atoms with E-state index in [-0.39, 0.29) is 32.9 Å². The van der Waals surface area contributed by atoms with E-state index in [0.717, 1.165) is 30.5 Å².